The lowest BCUT2D eigenvalue weighted by Crippen LogP contribution is -2.53. The first-order valence-electron chi connectivity index (χ1n) is 11.4. The lowest BCUT2D eigenvalue weighted by atomic mass is 9.62. The minimum atomic E-state index is -1.35. The number of nitrogens with one attached hydrogen (secondary N) is 1. The fraction of sp³-hybridized carbons (Fsp3) is 0.440. The number of aromatic carboxylic acids is 1. The summed E-state index contributed by atoms with van der Waals surface area (Å²) in [4.78, 5) is 47.5. The van der Waals surface area contributed by atoms with Gasteiger partial charge in [0.05, 0.1) is 5.92 Å². The Labute approximate surface area is 195 Å². The monoisotopic (exact) mass is 469 g/mol. The van der Waals surface area contributed by atoms with Crippen molar-refractivity contribution in [1.82, 2.24) is 5.32 Å². The highest BCUT2D eigenvalue weighted by Gasteiger charge is 2.44. The summed E-state index contributed by atoms with van der Waals surface area (Å²) in [6, 6.07) is 4.39. The van der Waals surface area contributed by atoms with Gasteiger partial charge in [0, 0.05) is 12.0 Å². The first kappa shape index (κ1) is 23.7. The number of phenols is 1. The first-order valence-corrected chi connectivity index (χ1v) is 11.4. The minimum Gasteiger partial charge on any atom is -0.507 e. The van der Waals surface area contributed by atoms with Gasteiger partial charge in [0.25, 0.3) is 0 Å². The fourth-order valence-corrected chi connectivity index (χ4v) is 5.75. The van der Waals surface area contributed by atoms with Crippen LogP contribution in [0.4, 0.5) is 0 Å². The summed E-state index contributed by atoms with van der Waals surface area (Å²) in [6.45, 7) is 0.870. The third-order valence-corrected chi connectivity index (χ3v) is 7.52. The van der Waals surface area contributed by atoms with E-state index in [-0.39, 0.29) is 29.0 Å². The van der Waals surface area contributed by atoms with Crippen LogP contribution in [0.3, 0.4) is 0 Å². The average Bonchev–Trinajstić information content (AvgIpc) is 2.75. The molecule has 1 aliphatic heterocycles. The van der Waals surface area contributed by atoms with Crippen molar-refractivity contribution in [3.63, 3.8) is 0 Å². The highest BCUT2D eigenvalue weighted by atomic mass is 16.4. The Bertz CT molecular complexity index is 1090. The molecule has 1 aromatic rings. The molecule has 34 heavy (non-hydrogen) atoms. The molecule has 0 aromatic heterocycles. The van der Waals surface area contributed by atoms with Gasteiger partial charge in [-0.05, 0) is 73.8 Å². The molecule has 3 aliphatic rings. The number of carbonyl (C=O) groups excluding carboxylic acids is 1. The van der Waals surface area contributed by atoms with E-state index in [4.69, 9.17) is 0 Å². The maximum atomic E-state index is 12.2. The Kier molecular flexibility index (Phi) is 6.56. The molecule has 9 heteroatoms. The second-order valence-corrected chi connectivity index (χ2v) is 9.32. The molecule has 5 N–H and O–H groups in total. The molecule has 9 nitrogen and oxygen atoms in total. The van der Waals surface area contributed by atoms with Gasteiger partial charge in [0.2, 0.25) is 0 Å². The maximum Gasteiger partial charge on any atom is 0.339 e. The number of carbonyl (C=O) groups is 4. The lowest BCUT2D eigenvalue weighted by molar-refractivity contribution is -0.147. The molecule has 180 valence electrons. The number of hydrogen-bond acceptors (Lipinski definition) is 6. The third-order valence-electron chi connectivity index (χ3n) is 7.52. The number of rotatable bonds is 7. The number of ketones is 1. The van der Waals surface area contributed by atoms with Crippen LogP contribution in [-0.4, -0.2) is 56.7 Å². The van der Waals surface area contributed by atoms with Crippen molar-refractivity contribution in [2.45, 2.75) is 37.6 Å². The summed E-state index contributed by atoms with van der Waals surface area (Å²) in [5, 5.41) is 42.2. The van der Waals surface area contributed by atoms with E-state index in [0.717, 1.165) is 13.0 Å². The summed E-state index contributed by atoms with van der Waals surface area (Å²) in [5.74, 6) is -6.36. The van der Waals surface area contributed by atoms with Crippen molar-refractivity contribution in [3.8, 4) is 5.75 Å². The predicted molar refractivity (Wildman–Crippen MR) is 120 cm³/mol. The van der Waals surface area contributed by atoms with Gasteiger partial charge in [0.1, 0.15) is 16.9 Å². The van der Waals surface area contributed by atoms with E-state index in [1.165, 1.54) is 24.3 Å². The third kappa shape index (κ3) is 4.48. The summed E-state index contributed by atoms with van der Waals surface area (Å²) in [5.41, 5.74) is -0.102. The Morgan fingerprint density at radius 1 is 1.03 bits per heavy atom. The van der Waals surface area contributed by atoms with Crippen LogP contribution < -0.4 is 5.32 Å². The standard InChI is InChI=1S/C25H27NO8/c27-20-5-2-13(10-17(20)24(31)32)22(14-3-6-21(28)18(11-14)25(33)34)12-1-4-15(19-7-8-26-19)16(9-12)23(29)30/h2-3,5-6,10-13,15-16,19,22,26,28H,1,4,7-9H2,(H,29,30)(H,31,32)(H,33,34)/t12?,13?,15?,16-,19?,22?/m0/s1. The smallest absolute Gasteiger partial charge is 0.339 e. The number of aliphatic carboxylic acids is 2. The van der Waals surface area contributed by atoms with Crippen LogP contribution in [0.25, 0.3) is 0 Å². The molecule has 2 fully saturated rings. The normalized spacial score (nSPS) is 29.6. The number of aromatic hydroxyl groups is 1. The van der Waals surface area contributed by atoms with Crippen LogP contribution in [0.2, 0.25) is 0 Å². The minimum absolute atomic E-state index is 0.00820. The van der Waals surface area contributed by atoms with Crippen molar-refractivity contribution < 1.29 is 39.6 Å². The quantitative estimate of drug-likeness (QED) is 0.378. The number of carboxylic acid groups (broad SMARTS) is 3. The van der Waals surface area contributed by atoms with E-state index in [9.17, 15) is 39.6 Å². The molecule has 0 spiro atoms. The number of hydrogen-bond donors (Lipinski definition) is 5. The van der Waals surface area contributed by atoms with Gasteiger partial charge in [-0.1, -0.05) is 18.2 Å². The highest BCUT2D eigenvalue weighted by molar-refractivity contribution is 6.21. The van der Waals surface area contributed by atoms with Gasteiger partial charge < -0.3 is 25.7 Å². The van der Waals surface area contributed by atoms with Crippen molar-refractivity contribution in [2.24, 2.45) is 23.7 Å². The van der Waals surface area contributed by atoms with E-state index in [1.807, 2.05) is 0 Å². The molecule has 1 saturated carbocycles. The Morgan fingerprint density at radius 2 is 1.76 bits per heavy atom. The van der Waals surface area contributed by atoms with Gasteiger partial charge >= 0.3 is 17.9 Å². The maximum absolute atomic E-state index is 12.2. The summed E-state index contributed by atoms with van der Waals surface area (Å²) in [7, 11) is 0. The van der Waals surface area contributed by atoms with Gasteiger partial charge in [-0.3, -0.25) is 9.59 Å². The van der Waals surface area contributed by atoms with E-state index < -0.39 is 47.2 Å². The van der Waals surface area contributed by atoms with E-state index in [2.05, 4.69) is 5.32 Å². The zero-order valence-electron chi connectivity index (χ0n) is 18.4. The van der Waals surface area contributed by atoms with Crippen LogP contribution in [0.1, 0.15) is 47.5 Å². The molecular weight excluding hydrogens is 442 g/mol. The van der Waals surface area contributed by atoms with Crippen LogP contribution in [0.5, 0.6) is 5.75 Å². The SMILES string of the molecule is O=C(O)C1=CC(C(c2ccc(O)c(C(=O)O)c2)C2CCC(C3CCN3)[C@@H](C(=O)O)C2)C=CC1=O. The van der Waals surface area contributed by atoms with Crippen molar-refractivity contribution >= 4 is 23.7 Å². The molecule has 2 aliphatic carbocycles. The lowest BCUT2D eigenvalue weighted by Gasteiger charge is -2.45. The molecule has 0 radical (unpaired) electrons. The summed E-state index contributed by atoms with van der Waals surface area (Å²) >= 11 is 0. The largest absolute Gasteiger partial charge is 0.507 e. The molecule has 5 unspecified atom stereocenters. The molecule has 1 saturated heterocycles. The number of benzene rings is 1. The summed E-state index contributed by atoms with van der Waals surface area (Å²) < 4.78 is 0. The van der Waals surface area contributed by atoms with Crippen LogP contribution in [0, 0.1) is 23.7 Å². The second-order valence-electron chi connectivity index (χ2n) is 9.32. The molecule has 1 heterocycles. The molecule has 4 rings (SSSR count). The Morgan fingerprint density at radius 3 is 2.35 bits per heavy atom. The topological polar surface area (TPSA) is 161 Å². The molecule has 0 amide bonds. The first-order chi connectivity index (χ1) is 16.2. The van der Waals surface area contributed by atoms with Crippen molar-refractivity contribution in [1.29, 1.82) is 0 Å². The number of carboxylic acids is 3. The molecule has 1 aromatic carbocycles. The Hall–Kier alpha value is -3.46. The van der Waals surface area contributed by atoms with E-state index >= 15 is 0 Å². The zero-order valence-corrected chi connectivity index (χ0v) is 18.4. The van der Waals surface area contributed by atoms with Gasteiger partial charge in [0.15, 0.2) is 5.78 Å². The van der Waals surface area contributed by atoms with E-state index in [1.54, 1.807) is 12.1 Å². The van der Waals surface area contributed by atoms with Crippen molar-refractivity contribution in [2.75, 3.05) is 6.54 Å². The zero-order chi connectivity index (χ0) is 24.6. The summed E-state index contributed by atoms with van der Waals surface area (Å²) in [6.07, 6.45) is 6.80. The number of allylic oxidation sites excluding steroid dienone is 3. The Balaban J connectivity index is 1.74. The van der Waals surface area contributed by atoms with Crippen LogP contribution >= 0.6 is 0 Å². The van der Waals surface area contributed by atoms with Gasteiger partial charge in [-0.15, -0.1) is 0 Å². The highest BCUT2D eigenvalue weighted by Crippen LogP contribution is 2.48. The van der Waals surface area contributed by atoms with E-state index in [0.29, 0.717) is 24.8 Å². The molecule has 0 bridgehead atoms. The predicted octanol–water partition coefficient (Wildman–Crippen LogP) is 2.42. The average molecular weight is 469 g/mol. The molecule has 6 atom stereocenters. The van der Waals surface area contributed by atoms with Crippen LogP contribution in [0.15, 0.2) is 42.0 Å². The fourth-order valence-electron chi connectivity index (χ4n) is 5.75. The van der Waals surface area contributed by atoms with Crippen LogP contribution in [-0.2, 0) is 14.4 Å². The van der Waals surface area contributed by atoms with Gasteiger partial charge in [-0.2, -0.15) is 0 Å². The second kappa shape index (κ2) is 9.42. The molecular formula is C25H27NO8. The van der Waals surface area contributed by atoms with Crippen molar-refractivity contribution in [3.05, 3.63) is 53.1 Å². The van der Waals surface area contributed by atoms with Gasteiger partial charge in [-0.25, -0.2) is 9.59 Å².